The highest BCUT2D eigenvalue weighted by Gasteiger charge is 2.17. The minimum Gasteiger partial charge on any atom is -0.378 e. The fourth-order valence-electron chi connectivity index (χ4n) is 2.85. The Hall–Kier alpha value is -1.49. The molecule has 0 amide bonds. The Morgan fingerprint density at radius 1 is 1.19 bits per heavy atom. The summed E-state index contributed by atoms with van der Waals surface area (Å²) in [6.07, 6.45) is 14.4. The van der Waals surface area contributed by atoms with Gasteiger partial charge in [0.25, 0.3) is 0 Å². The molecule has 116 valence electrons. The maximum Gasteiger partial charge on any atom is 0.0729 e. The summed E-state index contributed by atoms with van der Waals surface area (Å²) in [5, 5.41) is 12.2. The molecule has 1 aliphatic carbocycles. The van der Waals surface area contributed by atoms with Gasteiger partial charge in [0.2, 0.25) is 0 Å². The first-order valence-corrected chi connectivity index (χ1v) is 7.64. The predicted molar refractivity (Wildman–Crippen MR) is 86.8 cm³/mol. The molecule has 0 unspecified atom stereocenters. The number of nitrogens with one attached hydrogen (secondary N) is 1. The van der Waals surface area contributed by atoms with E-state index in [9.17, 15) is 0 Å². The lowest BCUT2D eigenvalue weighted by atomic mass is 10.2. The van der Waals surface area contributed by atoms with Gasteiger partial charge in [0.15, 0.2) is 0 Å². The van der Waals surface area contributed by atoms with Crippen LogP contribution in [-0.4, -0.2) is 19.6 Å². The van der Waals surface area contributed by atoms with Crippen LogP contribution in [0.3, 0.4) is 0 Å². The predicted octanol–water partition coefficient (Wildman–Crippen LogP) is 3.64. The lowest BCUT2D eigenvalue weighted by molar-refractivity contribution is 0.466. The van der Waals surface area contributed by atoms with Crippen LogP contribution in [0.4, 0.5) is 5.69 Å². The average Bonchev–Trinajstić information content (AvgIpc) is 3.18. The summed E-state index contributed by atoms with van der Waals surface area (Å²) >= 11 is 0. The van der Waals surface area contributed by atoms with Crippen molar-refractivity contribution in [2.45, 2.75) is 58.2 Å². The number of hydrogen-bond donors (Lipinski definition) is 1. The van der Waals surface area contributed by atoms with Crippen LogP contribution in [0.1, 0.15) is 50.6 Å². The van der Waals surface area contributed by atoms with E-state index in [1.54, 1.807) is 0 Å². The summed E-state index contributed by atoms with van der Waals surface area (Å²) in [6.45, 7) is 3.94. The summed E-state index contributed by atoms with van der Waals surface area (Å²) in [4.78, 5) is 0. The van der Waals surface area contributed by atoms with Gasteiger partial charge in [-0.05, 0) is 19.3 Å². The molecule has 0 atom stereocenters. The van der Waals surface area contributed by atoms with Gasteiger partial charge in [-0.25, -0.2) is 0 Å². The van der Waals surface area contributed by atoms with Gasteiger partial charge in [-0.1, -0.05) is 19.8 Å². The van der Waals surface area contributed by atoms with E-state index in [0.29, 0.717) is 6.04 Å². The third-order valence-corrected chi connectivity index (χ3v) is 3.94. The quantitative estimate of drug-likeness (QED) is 0.886. The van der Waals surface area contributed by atoms with Crippen molar-refractivity contribution in [2.24, 2.45) is 0 Å². The van der Waals surface area contributed by atoms with Crippen molar-refractivity contribution >= 4 is 18.1 Å². The second-order valence-corrected chi connectivity index (χ2v) is 5.61. The fourth-order valence-corrected chi connectivity index (χ4v) is 2.85. The Balaban J connectivity index is 0.00000161. The maximum atomic E-state index is 4.50. The van der Waals surface area contributed by atoms with E-state index in [-0.39, 0.29) is 12.4 Å². The third-order valence-electron chi connectivity index (χ3n) is 3.94. The van der Waals surface area contributed by atoms with E-state index >= 15 is 0 Å². The monoisotopic (exact) mass is 309 g/mol. The molecule has 0 bridgehead atoms. The van der Waals surface area contributed by atoms with Crippen LogP contribution >= 0.6 is 12.4 Å². The van der Waals surface area contributed by atoms with Crippen LogP contribution < -0.4 is 5.32 Å². The summed E-state index contributed by atoms with van der Waals surface area (Å²) in [6, 6.07) is 0.621. The van der Waals surface area contributed by atoms with Crippen molar-refractivity contribution in [2.75, 3.05) is 5.32 Å². The Labute approximate surface area is 132 Å². The van der Waals surface area contributed by atoms with Crippen LogP contribution in [0.2, 0.25) is 0 Å². The number of nitrogens with zero attached hydrogens (tertiary/aromatic N) is 4. The largest absolute Gasteiger partial charge is 0.378 e. The number of rotatable bonds is 6. The van der Waals surface area contributed by atoms with Crippen LogP contribution in [0.5, 0.6) is 0 Å². The molecule has 0 spiro atoms. The first kappa shape index (κ1) is 15.9. The smallest absolute Gasteiger partial charge is 0.0729 e. The molecule has 0 aromatic carbocycles. The molecule has 0 saturated heterocycles. The first-order chi connectivity index (χ1) is 9.85. The molecule has 0 radical (unpaired) electrons. The molecule has 1 fully saturated rings. The summed E-state index contributed by atoms with van der Waals surface area (Å²) in [5.74, 6) is 0. The zero-order chi connectivity index (χ0) is 13.8. The van der Waals surface area contributed by atoms with Gasteiger partial charge < -0.3 is 5.32 Å². The standard InChI is InChI=1S/C15H23N5.ClH/c1-2-7-19-12-14(10-17-19)16-8-13-9-18-20(11-13)15-5-3-4-6-15;/h9-12,15-16H,2-8H2,1H3;1H. The number of halogens is 1. The van der Waals surface area contributed by atoms with E-state index in [4.69, 9.17) is 0 Å². The van der Waals surface area contributed by atoms with E-state index in [2.05, 4.69) is 39.5 Å². The topological polar surface area (TPSA) is 47.7 Å². The van der Waals surface area contributed by atoms with Gasteiger partial charge in [-0.2, -0.15) is 10.2 Å². The highest BCUT2D eigenvalue weighted by atomic mass is 35.5. The SMILES string of the molecule is CCCn1cc(NCc2cnn(C3CCCC3)c2)cn1.Cl. The van der Waals surface area contributed by atoms with Gasteiger partial charge in [0.1, 0.15) is 0 Å². The minimum atomic E-state index is 0. The van der Waals surface area contributed by atoms with Gasteiger partial charge in [0.05, 0.1) is 24.1 Å². The highest BCUT2D eigenvalue weighted by Crippen LogP contribution is 2.28. The molecule has 21 heavy (non-hydrogen) atoms. The Morgan fingerprint density at radius 2 is 2.00 bits per heavy atom. The molecule has 2 aromatic rings. The number of hydrogen-bond acceptors (Lipinski definition) is 3. The normalized spacial score (nSPS) is 15.1. The van der Waals surface area contributed by atoms with E-state index in [0.717, 1.165) is 25.2 Å². The first-order valence-electron chi connectivity index (χ1n) is 7.64. The van der Waals surface area contributed by atoms with Crippen molar-refractivity contribution < 1.29 is 0 Å². The number of aromatic nitrogens is 4. The van der Waals surface area contributed by atoms with E-state index in [1.165, 1.54) is 31.2 Å². The number of aryl methyl sites for hydroxylation is 1. The van der Waals surface area contributed by atoms with Gasteiger partial charge >= 0.3 is 0 Å². The van der Waals surface area contributed by atoms with Crippen LogP contribution in [-0.2, 0) is 13.1 Å². The van der Waals surface area contributed by atoms with E-state index < -0.39 is 0 Å². The van der Waals surface area contributed by atoms with Crippen LogP contribution in [0.15, 0.2) is 24.8 Å². The molecular formula is C15H24ClN5. The molecule has 1 saturated carbocycles. The van der Waals surface area contributed by atoms with Gasteiger partial charge in [-0.15, -0.1) is 12.4 Å². The summed E-state index contributed by atoms with van der Waals surface area (Å²) in [7, 11) is 0. The third kappa shape index (κ3) is 4.00. The van der Waals surface area contributed by atoms with E-state index in [1.807, 2.05) is 17.1 Å². The molecule has 5 nitrogen and oxygen atoms in total. The lowest BCUT2D eigenvalue weighted by Gasteiger charge is -2.08. The molecular weight excluding hydrogens is 286 g/mol. The Morgan fingerprint density at radius 3 is 2.76 bits per heavy atom. The number of anilines is 1. The second kappa shape index (κ2) is 7.50. The molecule has 3 rings (SSSR count). The fraction of sp³-hybridized carbons (Fsp3) is 0.600. The lowest BCUT2D eigenvalue weighted by Crippen LogP contribution is -2.04. The van der Waals surface area contributed by atoms with Crippen molar-refractivity contribution in [1.82, 2.24) is 19.6 Å². The minimum absolute atomic E-state index is 0. The van der Waals surface area contributed by atoms with Crippen molar-refractivity contribution in [3.63, 3.8) is 0 Å². The van der Waals surface area contributed by atoms with Crippen molar-refractivity contribution in [1.29, 1.82) is 0 Å². The van der Waals surface area contributed by atoms with Crippen molar-refractivity contribution in [3.8, 4) is 0 Å². The van der Waals surface area contributed by atoms with Gasteiger partial charge in [0, 0.05) is 31.0 Å². The summed E-state index contributed by atoms with van der Waals surface area (Å²) in [5.41, 5.74) is 2.31. The van der Waals surface area contributed by atoms with Crippen LogP contribution in [0.25, 0.3) is 0 Å². The maximum absolute atomic E-state index is 4.50. The van der Waals surface area contributed by atoms with Crippen LogP contribution in [0, 0.1) is 0 Å². The highest BCUT2D eigenvalue weighted by molar-refractivity contribution is 5.85. The molecule has 2 heterocycles. The zero-order valence-electron chi connectivity index (χ0n) is 12.5. The van der Waals surface area contributed by atoms with Gasteiger partial charge in [-0.3, -0.25) is 9.36 Å². The molecule has 2 aromatic heterocycles. The molecule has 6 heteroatoms. The average molecular weight is 310 g/mol. The molecule has 1 N–H and O–H groups in total. The molecule has 1 aliphatic rings. The summed E-state index contributed by atoms with van der Waals surface area (Å²) < 4.78 is 4.12. The Bertz CT molecular complexity index is 542. The molecule has 0 aliphatic heterocycles. The zero-order valence-corrected chi connectivity index (χ0v) is 13.4. The Kier molecular flexibility index (Phi) is 5.67. The second-order valence-electron chi connectivity index (χ2n) is 5.61. The van der Waals surface area contributed by atoms with Crippen molar-refractivity contribution in [3.05, 3.63) is 30.4 Å².